The van der Waals surface area contributed by atoms with Gasteiger partial charge in [0.2, 0.25) is 11.8 Å². The summed E-state index contributed by atoms with van der Waals surface area (Å²) in [4.78, 5) is 65.9. The van der Waals surface area contributed by atoms with Crippen LogP contribution in [0.1, 0.15) is 110 Å². The summed E-state index contributed by atoms with van der Waals surface area (Å²) in [6, 6.07) is 15.1. The lowest BCUT2D eigenvalue weighted by atomic mass is 9.90. The molecule has 2 saturated carbocycles. The number of ether oxygens (including phenoxy) is 2. The third kappa shape index (κ3) is 9.30. The lowest BCUT2D eigenvalue weighted by Crippen LogP contribution is -2.54. The summed E-state index contributed by atoms with van der Waals surface area (Å²) in [6.45, 7) is 13.8. The fourth-order valence-electron chi connectivity index (χ4n) is 9.58. The number of hydrogen-bond acceptors (Lipinski definition) is 8. The summed E-state index contributed by atoms with van der Waals surface area (Å²) < 4.78 is 10.2. The average Bonchev–Trinajstić information content (AvgIpc) is 4.12. The van der Waals surface area contributed by atoms with Gasteiger partial charge in [0, 0.05) is 19.0 Å². The molecular weight excluding hydrogens is 769 g/mol. The van der Waals surface area contributed by atoms with Crippen LogP contribution in [0.4, 0.5) is 4.79 Å². The maximum atomic E-state index is 14.2. The molecule has 2 bridgehead atoms. The van der Waals surface area contributed by atoms with E-state index in [9.17, 15) is 14.4 Å². The smallest absolute Gasteiger partial charge is 0.407 e. The van der Waals surface area contributed by atoms with Crippen LogP contribution in [-0.4, -0.2) is 91.9 Å². The molecule has 1 saturated heterocycles. The van der Waals surface area contributed by atoms with E-state index in [0.717, 1.165) is 90.8 Å². The van der Waals surface area contributed by atoms with Crippen molar-refractivity contribution in [1.29, 1.82) is 0 Å². The second-order valence-electron chi connectivity index (χ2n) is 17.6. The van der Waals surface area contributed by atoms with Crippen molar-refractivity contribution in [2.45, 2.75) is 122 Å². The van der Waals surface area contributed by atoms with E-state index in [0.29, 0.717) is 17.6 Å². The third-order valence-corrected chi connectivity index (χ3v) is 13.0. The summed E-state index contributed by atoms with van der Waals surface area (Å²) in [5, 5.41) is 2.76. The van der Waals surface area contributed by atoms with Crippen LogP contribution in [-0.2, 0) is 19.1 Å². The van der Waals surface area contributed by atoms with Gasteiger partial charge in [0.25, 0.3) is 0 Å². The van der Waals surface area contributed by atoms with E-state index in [2.05, 4.69) is 80.3 Å². The van der Waals surface area contributed by atoms with Crippen LogP contribution in [0.15, 0.2) is 78.6 Å². The van der Waals surface area contributed by atoms with Crippen LogP contribution >= 0.6 is 0 Å². The van der Waals surface area contributed by atoms with Crippen molar-refractivity contribution < 1.29 is 23.9 Å². The fourth-order valence-corrected chi connectivity index (χ4v) is 9.58. The molecule has 324 valence electrons. The van der Waals surface area contributed by atoms with E-state index in [4.69, 9.17) is 19.4 Å². The molecule has 3 aliphatic rings. The number of aliphatic imine (C=N–C) groups is 1. The van der Waals surface area contributed by atoms with Crippen LogP contribution in [0.2, 0.25) is 0 Å². The van der Waals surface area contributed by atoms with Crippen LogP contribution in [0.5, 0.6) is 0 Å². The molecule has 6 atom stereocenters. The number of aromatic amines is 2. The average molecular weight is 831 g/mol. The van der Waals surface area contributed by atoms with Crippen molar-refractivity contribution in [2.75, 3.05) is 14.2 Å². The van der Waals surface area contributed by atoms with Gasteiger partial charge in [-0.15, -0.1) is 6.58 Å². The molecule has 3 N–H and O–H groups in total. The first-order valence-electron chi connectivity index (χ1n) is 21.9. The number of alkyl carbamates (subject to hydrolysis) is 1. The van der Waals surface area contributed by atoms with E-state index in [-0.39, 0.29) is 41.8 Å². The normalized spacial score (nSPS) is 20.7. The van der Waals surface area contributed by atoms with Crippen LogP contribution in [0.3, 0.4) is 0 Å². The molecule has 3 fully saturated rings. The Labute approximate surface area is 359 Å². The first-order chi connectivity index (χ1) is 29.4. The minimum absolute atomic E-state index is 0.00727. The van der Waals surface area contributed by atoms with Crippen molar-refractivity contribution in [3.8, 4) is 33.6 Å². The van der Waals surface area contributed by atoms with E-state index >= 15 is 0 Å². The Kier molecular flexibility index (Phi) is 13.4. The zero-order valence-electron chi connectivity index (χ0n) is 36.7. The highest BCUT2D eigenvalue weighted by molar-refractivity contribution is 5.87. The molecule has 4 aromatic rings. The number of carbonyl (C=O) groups is 3. The molecule has 3 heterocycles. The number of piperidine rings is 1. The molecule has 0 radical (unpaired) electrons. The quantitative estimate of drug-likeness (QED) is 0.0650. The number of methoxy groups -OCH3 is 2. The summed E-state index contributed by atoms with van der Waals surface area (Å²) in [7, 11) is 2.89. The van der Waals surface area contributed by atoms with Crippen LogP contribution in [0.25, 0.3) is 33.6 Å². The number of rotatable bonds is 14. The second-order valence-corrected chi connectivity index (χ2v) is 17.6. The SMILES string of the molecule is C=CC(c1ncc(-c2ccc(-c3ccc(-c4cnc(C5CC6CCC(C6)N5C(=O)C(N=C(C)OC)C(C)C)[nH]4)cc3)cc2)[nH]1)N(C(=O)C(NC(=O)OC)C(C)C)C1CCCC1. The molecule has 6 unspecified atom stereocenters. The highest BCUT2D eigenvalue weighted by Gasteiger charge is 2.46. The number of hydrogen-bond donors (Lipinski definition) is 3. The van der Waals surface area contributed by atoms with Gasteiger partial charge in [0.05, 0.1) is 44.0 Å². The summed E-state index contributed by atoms with van der Waals surface area (Å²) in [6.07, 6.45) is 12.7. The number of imidazole rings is 2. The molecule has 2 aromatic carbocycles. The Balaban J connectivity index is 1.06. The highest BCUT2D eigenvalue weighted by atomic mass is 16.5. The molecule has 2 aromatic heterocycles. The lowest BCUT2D eigenvalue weighted by molar-refractivity contribution is -0.141. The first kappa shape index (κ1) is 43.4. The second kappa shape index (κ2) is 18.9. The van der Waals surface area contributed by atoms with Gasteiger partial charge in [-0.3, -0.25) is 9.59 Å². The molecular formula is C48H62N8O5. The largest absolute Gasteiger partial charge is 0.484 e. The van der Waals surface area contributed by atoms with E-state index < -0.39 is 24.2 Å². The Morgan fingerprint density at radius 1 is 0.836 bits per heavy atom. The van der Waals surface area contributed by atoms with E-state index in [1.807, 2.05) is 38.8 Å². The monoisotopic (exact) mass is 830 g/mol. The number of aromatic nitrogens is 4. The standard InChI is InChI=1S/C48H62N8O5/c1-9-40(55(36-12-10-11-13-36)47(58)43(29(4)5)54-48(59)61-8)44-49-26-38(52-44)34-19-15-32(16-20-34)33-17-21-35(22-18-33)39-27-50-45(53-39)41-25-31-14-23-37(24-31)56(41)46(57)42(28(2)3)51-30(6)60-7/h9,15-22,26-29,31,36-37,40-43H,1,10-14,23-25H2,2-8H3,(H,49,52)(H,50,53)(H,54,59). The number of likely N-dealkylation sites (tertiary alicyclic amines) is 1. The highest BCUT2D eigenvalue weighted by Crippen LogP contribution is 2.46. The molecule has 1 aliphatic heterocycles. The number of benzene rings is 2. The lowest BCUT2D eigenvalue weighted by Gasteiger charge is -2.41. The van der Waals surface area contributed by atoms with Crippen molar-refractivity contribution in [3.63, 3.8) is 0 Å². The molecule has 0 spiro atoms. The maximum absolute atomic E-state index is 14.2. The van der Waals surface area contributed by atoms with Gasteiger partial charge in [0.1, 0.15) is 29.8 Å². The topological polar surface area (TPSA) is 158 Å². The minimum Gasteiger partial charge on any atom is -0.484 e. The van der Waals surface area contributed by atoms with Crippen LogP contribution < -0.4 is 5.32 Å². The van der Waals surface area contributed by atoms with Gasteiger partial charge < -0.3 is 34.6 Å². The van der Waals surface area contributed by atoms with Gasteiger partial charge in [-0.25, -0.2) is 19.8 Å². The molecule has 7 rings (SSSR count). The number of fused-ring (bicyclic) bond motifs is 2. The minimum atomic E-state index is -0.752. The first-order valence-corrected chi connectivity index (χ1v) is 21.9. The third-order valence-electron chi connectivity index (χ3n) is 13.0. The molecule has 3 amide bonds. The Bertz CT molecular complexity index is 2180. The van der Waals surface area contributed by atoms with Gasteiger partial charge in [-0.05, 0) is 78.5 Å². The Morgan fingerprint density at radius 3 is 2.02 bits per heavy atom. The van der Waals surface area contributed by atoms with Gasteiger partial charge in [0.15, 0.2) is 5.90 Å². The van der Waals surface area contributed by atoms with Crippen molar-refractivity contribution >= 4 is 23.8 Å². The number of nitrogens with zero attached hydrogens (tertiary/aromatic N) is 5. The van der Waals surface area contributed by atoms with E-state index in [1.165, 1.54) is 7.11 Å². The van der Waals surface area contributed by atoms with Crippen molar-refractivity contribution in [1.82, 2.24) is 35.1 Å². The Hall–Kier alpha value is -5.72. The predicted molar refractivity (Wildman–Crippen MR) is 237 cm³/mol. The summed E-state index contributed by atoms with van der Waals surface area (Å²) >= 11 is 0. The zero-order valence-corrected chi connectivity index (χ0v) is 36.7. The summed E-state index contributed by atoms with van der Waals surface area (Å²) in [5.41, 5.74) is 5.86. The molecule has 2 aliphatic carbocycles. The maximum Gasteiger partial charge on any atom is 0.407 e. The van der Waals surface area contributed by atoms with E-state index in [1.54, 1.807) is 26.3 Å². The number of nitrogens with one attached hydrogen (secondary N) is 3. The predicted octanol–water partition coefficient (Wildman–Crippen LogP) is 9.04. The van der Waals surface area contributed by atoms with Crippen molar-refractivity contribution in [3.05, 3.63) is 85.2 Å². The van der Waals surface area contributed by atoms with Gasteiger partial charge in [-0.1, -0.05) is 95.1 Å². The molecule has 13 heteroatoms. The number of carbonyl (C=O) groups excluding carboxylic acids is 3. The van der Waals surface area contributed by atoms with Gasteiger partial charge in [-0.2, -0.15) is 0 Å². The number of H-pyrrole nitrogens is 2. The molecule has 13 nitrogen and oxygen atoms in total. The summed E-state index contributed by atoms with van der Waals surface area (Å²) in [5.74, 6) is 2.30. The zero-order chi connectivity index (χ0) is 43.4. The molecule has 61 heavy (non-hydrogen) atoms. The number of amides is 3. The fraction of sp³-hybridized carbons (Fsp3) is 0.500. The van der Waals surface area contributed by atoms with Crippen LogP contribution in [0, 0.1) is 17.8 Å². The Morgan fingerprint density at radius 2 is 1.44 bits per heavy atom. The van der Waals surface area contributed by atoms with Crippen molar-refractivity contribution in [2.24, 2.45) is 22.7 Å². The van der Waals surface area contributed by atoms with Gasteiger partial charge >= 0.3 is 6.09 Å².